The molecule has 0 bridgehead atoms. The molecule has 1 N–H and O–H groups in total. The van der Waals surface area contributed by atoms with Crippen molar-refractivity contribution in [2.24, 2.45) is 7.05 Å². The SMILES string of the molecule is CCN(CC)CCNC(=O)c1cccn(C)c1=O. The molecule has 18 heavy (non-hydrogen) atoms. The van der Waals surface area contributed by atoms with Gasteiger partial charge >= 0.3 is 0 Å². The summed E-state index contributed by atoms with van der Waals surface area (Å²) in [6.45, 7) is 7.43. The molecule has 5 heteroatoms. The molecule has 1 heterocycles. The first-order chi connectivity index (χ1) is 8.60. The Labute approximate surface area is 107 Å². The monoisotopic (exact) mass is 251 g/mol. The molecule has 0 fully saturated rings. The van der Waals surface area contributed by atoms with E-state index in [-0.39, 0.29) is 17.0 Å². The van der Waals surface area contributed by atoms with Crippen LogP contribution in [0.1, 0.15) is 24.2 Å². The number of nitrogens with one attached hydrogen (secondary N) is 1. The molecule has 0 spiro atoms. The highest BCUT2D eigenvalue weighted by Crippen LogP contribution is 1.91. The highest BCUT2D eigenvalue weighted by atomic mass is 16.2. The van der Waals surface area contributed by atoms with Crippen LogP contribution in [0.2, 0.25) is 0 Å². The van der Waals surface area contributed by atoms with E-state index >= 15 is 0 Å². The summed E-state index contributed by atoms with van der Waals surface area (Å²) < 4.78 is 1.40. The average Bonchev–Trinajstić information content (AvgIpc) is 2.37. The number of aromatic nitrogens is 1. The van der Waals surface area contributed by atoms with Crippen molar-refractivity contribution in [3.05, 3.63) is 34.2 Å². The van der Waals surface area contributed by atoms with Crippen LogP contribution in [0, 0.1) is 0 Å². The van der Waals surface area contributed by atoms with Crippen LogP contribution in [0.15, 0.2) is 23.1 Å². The molecule has 1 amide bonds. The number of hydrogen-bond acceptors (Lipinski definition) is 3. The van der Waals surface area contributed by atoms with Gasteiger partial charge in [0, 0.05) is 26.3 Å². The minimum absolute atomic E-state index is 0.194. The fraction of sp³-hybridized carbons (Fsp3) is 0.538. The van der Waals surface area contributed by atoms with Crippen molar-refractivity contribution in [1.29, 1.82) is 0 Å². The molecule has 0 saturated heterocycles. The number of carbonyl (C=O) groups is 1. The van der Waals surface area contributed by atoms with Gasteiger partial charge in [0.2, 0.25) is 0 Å². The fourth-order valence-corrected chi connectivity index (χ4v) is 1.73. The number of aryl methyl sites for hydroxylation is 1. The highest BCUT2D eigenvalue weighted by Gasteiger charge is 2.10. The first-order valence-electron chi connectivity index (χ1n) is 6.26. The van der Waals surface area contributed by atoms with Gasteiger partial charge < -0.3 is 14.8 Å². The molecule has 0 unspecified atom stereocenters. The Morgan fingerprint density at radius 3 is 2.67 bits per heavy atom. The first-order valence-corrected chi connectivity index (χ1v) is 6.26. The van der Waals surface area contributed by atoms with Gasteiger partial charge in [-0.25, -0.2) is 0 Å². The molecule has 0 aliphatic carbocycles. The smallest absolute Gasteiger partial charge is 0.263 e. The van der Waals surface area contributed by atoms with E-state index < -0.39 is 0 Å². The quantitative estimate of drug-likeness (QED) is 0.799. The third kappa shape index (κ3) is 3.70. The van der Waals surface area contributed by atoms with Crippen LogP contribution in [0.3, 0.4) is 0 Å². The van der Waals surface area contributed by atoms with E-state index in [1.807, 2.05) is 0 Å². The van der Waals surface area contributed by atoms with E-state index in [0.29, 0.717) is 6.54 Å². The van der Waals surface area contributed by atoms with Crippen LogP contribution >= 0.6 is 0 Å². The molecular weight excluding hydrogens is 230 g/mol. The minimum Gasteiger partial charge on any atom is -0.351 e. The Hall–Kier alpha value is -1.62. The zero-order chi connectivity index (χ0) is 13.5. The molecule has 0 saturated carbocycles. The molecule has 0 atom stereocenters. The van der Waals surface area contributed by atoms with Gasteiger partial charge in [0.05, 0.1) is 0 Å². The standard InChI is InChI=1S/C13H21N3O2/c1-4-16(5-2)10-8-14-12(17)11-7-6-9-15(3)13(11)18/h6-7,9H,4-5,8,10H2,1-3H3,(H,14,17). The third-order valence-corrected chi connectivity index (χ3v) is 2.98. The van der Waals surface area contributed by atoms with Gasteiger partial charge in [-0.1, -0.05) is 13.8 Å². The van der Waals surface area contributed by atoms with Gasteiger partial charge in [-0.2, -0.15) is 0 Å². The van der Waals surface area contributed by atoms with Gasteiger partial charge in [0.1, 0.15) is 5.56 Å². The normalized spacial score (nSPS) is 10.7. The summed E-state index contributed by atoms with van der Waals surface area (Å²) in [4.78, 5) is 25.8. The first kappa shape index (κ1) is 14.4. The van der Waals surface area contributed by atoms with Crippen molar-refractivity contribution in [3.8, 4) is 0 Å². The fourth-order valence-electron chi connectivity index (χ4n) is 1.73. The molecular formula is C13H21N3O2. The summed E-state index contributed by atoms with van der Waals surface area (Å²) in [5.74, 6) is -0.302. The molecule has 5 nitrogen and oxygen atoms in total. The van der Waals surface area contributed by atoms with Crippen molar-refractivity contribution >= 4 is 5.91 Å². The summed E-state index contributed by atoms with van der Waals surface area (Å²) >= 11 is 0. The van der Waals surface area contributed by atoms with Crippen molar-refractivity contribution in [2.75, 3.05) is 26.2 Å². The van der Waals surface area contributed by atoms with E-state index in [2.05, 4.69) is 24.1 Å². The van der Waals surface area contributed by atoms with Crippen LogP contribution < -0.4 is 10.9 Å². The number of rotatable bonds is 6. The molecule has 0 radical (unpaired) electrons. The van der Waals surface area contributed by atoms with Crippen LogP contribution in [0.25, 0.3) is 0 Å². The lowest BCUT2D eigenvalue weighted by molar-refractivity contribution is 0.0947. The number of pyridine rings is 1. The third-order valence-electron chi connectivity index (χ3n) is 2.98. The molecule has 0 aliphatic heterocycles. The second kappa shape index (κ2) is 6.96. The number of carbonyl (C=O) groups excluding carboxylic acids is 1. The zero-order valence-electron chi connectivity index (χ0n) is 11.3. The molecule has 100 valence electrons. The predicted molar refractivity (Wildman–Crippen MR) is 71.8 cm³/mol. The maximum Gasteiger partial charge on any atom is 0.263 e. The maximum atomic E-state index is 11.8. The van der Waals surface area contributed by atoms with Crippen LogP contribution in [-0.2, 0) is 7.05 Å². The second-order valence-electron chi connectivity index (χ2n) is 4.12. The number of likely N-dealkylation sites (N-methyl/N-ethyl adjacent to an activating group) is 1. The molecule has 1 rings (SSSR count). The van der Waals surface area contributed by atoms with Crippen LogP contribution in [0.4, 0.5) is 0 Å². The lowest BCUT2D eigenvalue weighted by Gasteiger charge is -2.17. The molecule has 1 aromatic rings. The van der Waals surface area contributed by atoms with Gasteiger partial charge in [0.25, 0.3) is 11.5 Å². The lowest BCUT2D eigenvalue weighted by atomic mass is 10.2. The Morgan fingerprint density at radius 1 is 1.39 bits per heavy atom. The topological polar surface area (TPSA) is 54.3 Å². The summed E-state index contributed by atoms with van der Waals surface area (Å²) in [6.07, 6.45) is 1.63. The van der Waals surface area contributed by atoms with E-state index in [4.69, 9.17) is 0 Å². The summed E-state index contributed by atoms with van der Waals surface area (Å²) in [7, 11) is 1.63. The van der Waals surface area contributed by atoms with Crippen LogP contribution in [0.5, 0.6) is 0 Å². The molecule has 0 aliphatic rings. The van der Waals surface area contributed by atoms with Crippen molar-refractivity contribution < 1.29 is 4.79 Å². The average molecular weight is 251 g/mol. The number of nitrogens with zero attached hydrogens (tertiary/aromatic N) is 2. The summed E-state index contributed by atoms with van der Waals surface area (Å²) in [5.41, 5.74) is -0.0719. The van der Waals surface area contributed by atoms with E-state index in [1.165, 1.54) is 4.57 Å². The Balaban J connectivity index is 2.56. The van der Waals surface area contributed by atoms with Gasteiger partial charge in [-0.3, -0.25) is 9.59 Å². The minimum atomic E-state index is -0.302. The molecule has 1 aromatic heterocycles. The van der Waals surface area contributed by atoms with Gasteiger partial charge in [-0.15, -0.1) is 0 Å². The van der Waals surface area contributed by atoms with E-state index in [0.717, 1.165) is 19.6 Å². The van der Waals surface area contributed by atoms with Crippen molar-refractivity contribution in [2.45, 2.75) is 13.8 Å². The van der Waals surface area contributed by atoms with E-state index in [9.17, 15) is 9.59 Å². The Kier molecular flexibility index (Phi) is 5.58. The maximum absolute atomic E-state index is 11.8. The predicted octanol–water partition coefficient (Wildman–Crippen LogP) is 0.457. The highest BCUT2D eigenvalue weighted by molar-refractivity contribution is 5.93. The summed E-state index contributed by atoms with van der Waals surface area (Å²) in [5, 5.41) is 2.77. The zero-order valence-corrected chi connectivity index (χ0v) is 11.3. The van der Waals surface area contributed by atoms with Gasteiger partial charge in [0.15, 0.2) is 0 Å². The van der Waals surface area contributed by atoms with Gasteiger partial charge in [-0.05, 0) is 25.2 Å². The van der Waals surface area contributed by atoms with Crippen LogP contribution in [-0.4, -0.2) is 41.6 Å². The van der Waals surface area contributed by atoms with Crippen molar-refractivity contribution in [3.63, 3.8) is 0 Å². The lowest BCUT2D eigenvalue weighted by Crippen LogP contribution is -2.37. The summed E-state index contributed by atoms with van der Waals surface area (Å²) in [6, 6.07) is 3.25. The van der Waals surface area contributed by atoms with E-state index in [1.54, 1.807) is 25.4 Å². The number of amides is 1. The Bertz CT molecular complexity index is 450. The molecule has 0 aromatic carbocycles. The largest absolute Gasteiger partial charge is 0.351 e. The van der Waals surface area contributed by atoms with Crippen molar-refractivity contribution in [1.82, 2.24) is 14.8 Å². The second-order valence-corrected chi connectivity index (χ2v) is 4.12. The Morgan fingerprint density at radius 2 is 2.06 bits per heavy atom. The number of hydrogen-bond donors (Lipinski definition) is 1.